The molecule has 4 nitrogen and oxygen atoms in total. The van der Waals surface area contributed by atoms with Crippen LogP contribution in [-0.2, 0) is 4.74 Å². The van der Waals surface area contributed by atoms with E-state index in [1.165, 1.54) is 7.11 Å². The van der Waals surface area contributed by atoms with Crippen LogP contribution in [0.15, 0.2) is 28.7 Å². The van der Waals surface area contributed by atoms with Crippen molar-refractivity contribution in [3.63, 3.8) is 0 Å². The first kappa shape index (κ1) is 7.79. The Balaban J connectivity index is 2.56. The molecule has 66 valence electrons. The van der Waals surface area contributed by atoms with Gasteiger partial charge in [0.15, 0.2) is 5.58 Å². The molecule has 0 bridgehead atoms. The lowest BCUT2D eigenvalue weighted by Gasteiger charge is -1.88. The summed E-state index contributed by atoms with van der Waals surface area (Å²) in [5.41, 5.74) is 1.24. The number of fused-ring (bicyclic) bond motifs is 1. The van der Waals surface area contributed by atoms with Gasteiger partial charge < -0.3 is 9.15 Å². The van der Waals surface area contributed by atoms with Crippen molar-refractivity contribution in [3.05, 3.63) is 30.2 Å². The van der Waals surface area contributed by atoms with Crippen molar-refractivity contribution >= 4 is 17.1 Å². The number of carbonyl (C=O) groups excluding carboxylic acids is 1. The van der Waals surface area contributed by atoms with E-state index in [1.54, 1.807) is 12.1 Å². The van der Waals surface area contributed by atoms with Crippen molar-refractivity contribution in [2.45, 2.75) is 0 Å². The van der Waals surface area contributed by atoms with E-state index in [-0.39, 0.29) is 5.89 Å². The minimum Gasteiger partial charge on any atom is -0.462 e. The van der Waals surface area contributed by atoms with Crippen LogP contribution in [-0.4, -0.2) is 18.1 Å². The van der Waals surface area contributed by atoms with Crippen LogP contribution in [0, 0.1) is 0 Å². The first-order valence-electron chi connectivity index (χ1n) is 3.75. The number of hydrogen-bond acceptors (Lipinski definition) is 4. The predicted octanol–water partition coefficient (Wildman–Crippen LogP) is 1.61. The highest BCUT2D eigenvalue weighted by Crippen LogP contribution is 2.14. The zero-order valence-corrected chi connectivity index (χ0v) is 6.98. The van der Waals surface area contributed by atoms with Gasteiger partial charge in [0.05, 0.1) is 7.11 Å². The molecule has 0 saturated carbocycles. The van der Waals surface area contributed by atoms with E-state index in [2.05, 4.69) is 9.72 Å². The fraction of sp³-hybridized carbons (Fsp3) is 0.111. The number of benzene rings is 1. The fourth-order valence-electron chi connectivity index (χ4n) is 1.05. The molecule has 0 aliphatic heterocycles. The number of carbonyl (C=O) groups is 1. The van der Waals surface area contributed by atoms with Crippen molar-refractivity contribution in [1.29, 1.82) is 0 Å². The second kappa shape index (κ2) is 2.90. The second-order valence-corrected chi connectivity index (χ2v) is 2.48. The lowest BCUT2D eigenvalue weighted by Crippen LogP contribution is -2.00. The van der Waals surface area contributed by atoms with Crippen molar-refractivity contribution in [3.8, 4) is 0 Å². The van der Waals surface area contributed by atoms with Crippen molar-refractivity contribution in [1.82, 2.24) is 4.98 Å². The Hall–Kier alpha value is -1.84. The van der Waals surface area contributed by atoms with Gasteiger partial charge in [-0.25, -0.2) is 9.78 Å². The van der Waals surface area contributed by atoms with E-state index in [4.69, 9.17) is 4.42 Å². The summed E-state index contributed by atoms with van der Waals surface area (Å²) in [5.74, 6) is -0.570. The molecule has 0 atom stereocenters. The van der Waals surface area contributed by atoms with Crippen LogP contribution in [0.25, 0.3) is 11.1 Å². The summed E-state index contributed by atoms with van der Waals surface area (Å²) >= 11 is 0. The average molecular weight is 177 g/mol. The van der Waals surface area contributed by atoms with Crippen molar-refractivity contribution in [2.24, 2.45) is 0 Å². The second-order valence-electron chi connectivity index (χ2n) is 2.48. The molecule has 0 fully saturated rings. The van der Waals surface area contributed by atoms with Crippen molar-refractivity contribution < 1.29 is 13.9 Å². The third kappa shape index (κ3) is 1.26. The average Bonchev–Trinajstić information content (AvgIpc) is 2.59. The highest BCUT2D eigenvalue weighted by Gasteiger charge is 2.13. The predicted molar refractivity (Wildman–Crippen MR) is 45.3 cm³/mol. The molecule has 2 aromatic rings. The maximum atomic E-state index is 11.0. The summed E-state index contributed by atoms with van der Waals surface area (Å²) in [5, 5.41) is 0. The van der Waals surface area contributed by atoms with E-state index in [0.29, 0.717) is 11.1 Å². The number of aromatic nitrogens is 1. The molecule has 1 heterocycles. The number of esters is 1. The summed E-state index contributed by atoms with van der Waals surface area (Å²) in [6.45, 7) is 0. The number of para-hydroxylation sites is 2. The lowest BCUT2D eigenvalue weighted by molar-refractivity contribution is 0.0559. The Bertz CT molecular complexity index is 414. The zero-order valence-electron chi connectivity index (χ0n) is 6.98. The van der Waals surface area contributed by atoms with Crippen LogP contribution in [0.4, 0.5) is 0 Å². The molecule has 0 unspecified atom stereocenters. The number of ether oxygens (including phenoxy) is 1. The van der Waals surface area contributed by atoms with Crippen LogP contribution < -0.4 is 0 Å². The molecule has 2 rings (SSSR count). The molecule has 0 aliphatic carbocycles. The lowest BCUT2D eigenvalue weighted by atomic mass is 10.3. The van der Waals surface area contributed by atoms with Gasteiger partial charge in [0, 0.05) is 0 Å². The molecule has 0 radical (unpaired) electrons. The Morgan fingerprint density at radius 1 is 1.46 bits per heavy atom. The van der Waals surface area contributed by atoms with E-state index < -0.39 is 5.97 Å². The molecule has 4 heteroatoms. The number of methoxy groups -OCH3 is 1. The third-order valence-electron chi connectivity index (χ3n) is 1.65. The summed E-state index contributed by atoms with van der Waals surface area (Å²) in [6, 6.07) is 7.15. The Labute approximate surface area is 74.1 Å². The Morgan fingerprint density at radius 3 is 2.92 bits per heavy atom. The first-order valence-corrected chi connectivity index (χ1v) is 3.75. The van der Waals surface area contributed by atoms with Gasteiger partial charge in [-0.2, -0.15) is 0 Å². The molecule has 0 N–H and O–H groups in total. The Kier molecular flexibility index (Phi) is 1.73. The van der Waals surface area contributed by atoms with Crippen LogP contribution in [0.1, 0.15) is 10.7 Å². The van der Waals surface area contributed by atoms with Gasteiger partial charge in [-0.05, 0) is 12.1 Å². The molecule has 13 heavy (non-hydrogen) atoms. The van der Waals surface area contributed by atoms with E-state index in [9.17, 15) is 4.79 Å². The fourth-order valence-corrected chi connectivity index (χ4v) is 1.05. The molecular weight excluding hydrogens is 170 g/mol. The van der Waals surface area contributed by atoms with Gasteiger partial charge in [0.25, 0.3) is 0 Å². The summed E-state index contributed by atoms with van der Waals surface area (Å²) in [7, 11) is 1.29. The number of rotatable bonds is 1. The smallest absolute Gasteiger partial charge is 0.394 e. The largest absolute Gasteiger partial charge is 0.462 e. The van der Waals surface area contributed by atoms with Gasteiger partial charge >= 0.3 is 11.9 Å². The highest BCUT2D eigenvalue weighted by atomic mass is 16.5. The summed E-state index contributed by atoms with van der Waals surface area (Å²) in [6.07, 6.45) is 0. The minimum absolute atomic E-state index is 0.0105. The van der Waals surface area contributed by atoms with Gasteiger partial charge in [-0.3, -0.25) is 0 Å². The molecule has 0 aliphatic rings. The van der Waals surface area contributed by atoms with E-state index >= 15 is 0 Å². The standard InChI is InChI=1S/C9H7NO3/c1-12-9(11)8-10-6-4-2-3-5-7(6)13-8/h2-5H,1H3. The first-order chi connectivity index (χ1) is 6.31. The molecule has 0 saturated heterocycles. The Morgan fingerprint density at radius 2 is 2.23 bits per heavy atom. The molecular formula is C9H7NO3. The van der Waals surface area contributed by atoms with Gasteiger partial charge in [0.1, 0.15) is 5.52 Å². The summed E-state index contributed by atoms with van der Waals surface area (Å²) < 4.78 is 9.61. The van der Waals surface area contributed by atoms with E-state index in [0.717, 1.165) is 0 Å². The summed E-state index contributed by atoms with van der Waals surface area (Å²) in [4.78, 5) is 14.9. The maximum absolute atomic E-state index is 11.0. The molecule has 1 aromatic heterocycles. The van der Waals surface area contributed by atoms with Crippen LogP contribution in [0.3, 0.4) is 0 Å². The van der Waals surface area contributed by atoms with Crippen LogP contribution in [0.2, 0.25) is 0 Å². The van der Waals surface area contributed by atoms with Gasteiger partial charge in [0.2, 0.25) is 0 Å². The van der Waals surface area contributed by atoms with E-state index in [1.807, 2.05) is 12.1 Å². The normalized spacial score (nSPS) is 10.2. The quantitative estimate of drug-likeness (QED) is 0.621. The molecule has 0 amide bonds. The number of hydrogen-bond donors (Lipinski definition) is 0. The SMILES string of the molecule is COC(=O)c1nc2ccccc2o1. The van der Waals surface area contributed by atoms with Crippen molar-refractivity contribution in [2.75, 3.05) is 7.11 Å². The monoisotopic (exact) mass is 177 g/mol. The number of nitrogens with zero attached hydrogens (tertiary/aromatic N) is 1. The maximum Gasteiger partial charge on any atom is 0.394 e. The van der Waals surface area contributed by atoms with Crippen LogP contribution >= 0.6 is 0 Å². The highest BCUT2D eigenvalue weighted by molar-refractivity contribution is 5.87. The molecule has 0 spiro atoms. The van der Waals surface area contributed by atoms with Crippen LogP contribution in [0.5, 0.6) is 0 Å². The van der Waals surface area contributed by atoms with Gasteiger partial charge in [-0.1, -0.05) is 12.1 Å². The molecule has 1 aromatic carbocycles. The number of oxazole rings is 1. The zero-order chi connectivity index (χ0) is 9.26. The topological polar surface area (TPSA) is 52.3 Å². The van der Waals surface area contributed by atoms with Gasteiger partial charge in [-0.15, -0.1) is 0 Å². The third-order valence-corrected chi connectivity index (χ3v) is 1.65. The minimum atomic E-state index is -0.559.